The molecule has 0 aliphatic carbocycles. The van der Waals surface area contributed by atoms with Crippen LogP contribution in [0.2, 0.25) is 0 Å². The fourth-order valence-electron chi connectivity index (χ4n) is 0.751. The summed E-state index contributed by atoms with van der Waals surface area (Å²) in [5.41, 5.74) is 0. The van der Waals surface area contributed by atoms with E-state index in [1.807, 2.05) is 0 Å². The normalized spacial score (nSPS) is 15.8. The van der Waals surface area contributed by atoms with E-state index in [0.29, 0.717) is 0 Å². The molecule has 9 heteroatoms. The highest BCUT2D eigenvalue weighted by molar-refractivity contribution is 7.86. The van der Waals surface area contributed by atoms with Crippen molar-refractivity contribution in [3.8, 4) is 0 Å². The highest BCUT2D eigenvalue weighted by atomic mass is 32.2. The molecule has 0 amide bonds. The van der Waals surface area contributed by atoms with Gasteiger partial charge in [-0.05, 0) is 13.8 Å². The van der Waals surface area contributed by atoms with E-state index in [1.54, 1.807) is 13.8 Å². The first-order valence-electron chi connectivity index (χ1n) is 4.34. The van der Waals surface area contributed by atoms with Crippen LogP contribution < -0.4 is 0 Å². The molecule has 0 rings (SSSR count). The fourth-order valence-corrected chi connectivity index (χ4v) is 2.92. The maximum absolute atomic E-state index is 11.5. The van der Waals surface area contributed by atoms with E-state index in [4.69, 9.17) is 4.52 Å². The second kappa shape index (κ2) is 6.34. The maximum atomic E-state index is 11.5. The monoisotopic (exact) mass is 274 g/mol. The Kier molecular flexibility index (Phi) is 6.17. The zero-order chi connectivity index (χ0) is 12.9. The summed E-state index contributed by atoms with van der Waals surface area (Å²) in [6, 6.07) is 0. The third kappa shape index (κ3) is 6.22. The van der Waals surface area contributed by atoms with Gasteiger partial charge < -0.3 is 9.26 Å². The lowest BCUT2D eigenvalue weighted by Crippen LogP contribution is -2.26. The molecule has 0 aromatic carbocycles. The standard InChI is InChI=1S/C7H15O7PS/c1-5(2)13-15(9)7(6(8)12-3)14-16(4,10)11/h5,7,15H,1-4H3. The summed E-state index contributed by atoms with van der Waals surface area (Å²) in [6.45, 7) is 3.19. The van der Waals surface area contributed by atoms with Crippen LogP contribution in [-0.4, -0.2) is 39.7 Å². The number of methoxy groups -OCH3 is 1. The summed E-state index contributed by atoms with van der Waals surface area (Å²) in [7, 11) is -5.88. The lowest BCUT2D eigenvalue weighted by atomic mass is 10.5. The van der Waals surface area contributed by atoms with Gasteiger partial charge in [-0.25, -0.2) is 8.98 Å². The van der Waals surface area contributed by atoms with Crippen molar-refractivity contribution >= 4 is 24.1 Å². The molecule has 0 saturated carbocycles. The van der Waals surface area contributed by atoms with Gasteiger partial charge in [-0.1, -0.05) is 0 Å². The zero-order valence-corrected chi connectivity index (χ0v) is 11.2. The first-order valence-corrected chi connectivity index (χ1v) is 7.55. The third-order valence-corrected chi connectivity index (χ3v) is 3.45. The third-order valence-electron chi connectivity index (χ3n) is 1.25. The molecule has 0 aromatic heterocycles. The number of esters is 1. The second-order valence-corrected chi connectivity index (χ2v) is 6.19. The van der Waals surface area contributed by atoms with Crippen molar-refractivity contribution in [1.29, 1.82) is 0 Å². The van der Waals surface area contributed by atoms with Crippen LogP contribution in [0.4, 0.5) is 0 Å². The molecule has 16 heavy (non-hydrogen) atoms. The SMILES string of the molecule is COC(=O)C(OS(C)(=O)=O)[PH](=O)OC(C)C. The van der Waals surface area contributed by atoms with Crippen LogP contribution >= 0.6 is 8.03 Å². The summed E-state index contributed by atoms with van der Waals surface area (Å²) in [5.74, 6) is -2.78. The van der Waals surface area contributed by atoms with Gasteiger partial charge >= 0.3 is 5.97 Å². The van der Waals surface area contributed by atoms with Gasteiger partial charge in [0.05, 0.1) is 19.5 Å². The first kappa shape index (κ1) is 15.6. The summed E-state index contributed by atoms with van der Waals surface area (Å²) in [4.78, 5) is 11.1. The molecule has 0 aromatic rings. The number of hydrogen-bond acceptors (Lipinski definition) is 7. The highest BCUT2D eigenvalue weighted by Gasteiger charge is 2.32. The molecule has 96 valence electrons. The van der Waals surface area contributed by atoms with Crippen LogP contribution in [0, 0.1) is 0 Å². The minimum absolute atomic E-state index is 0.415. The Morgan fingerprint density at radius 3 is 2.12 bits per heavy atom. The Morgan fingerprint density at radius 1 is 1.31 bits per heavy atom. The minimum atomic E-state index is -3.91. The summed E-state index contributed by atoms with van der Waals surface area (Å²) in [6.07, 6.45) is 0.328. The molecule has 0 fully saturated rings. The second-order valence-electron chi connectivity index (χ2n) is 3.19. The highest BCUT2D eigenvalue weighted by Crippen LogP contribution is 2.33. The molecule has 0 saturated heterocycles. The molecule has 0 spiro atoms. The molecule has 0 bridgehead atoms. The lowest BCUT2D eigenvalue weighted by molar-refractivity contribution is -0.145. The van der Waals surface area contributed by atoms with Crippen molar-refractivity contribution in [2.75, 3.05) is 13.4 Å². The Bertz CT molecular complexity index is 361. The molecule has 0 heterocycles. The van der Waals surface area contributed by atoms with Crippen molar-refractivity contribution < 1.29 is 31.2 Å². The number of carbonyl (C=O) groups is 1. The van der Waals surface area contributed by atoms with Crippen LogP contribution in [0.15, 0.2) is 0 Å². The van der Waals surface area contributed by atoms with Gasteiger partial charge in [-0.3, -0.25) is 4.57 Å². The predicted octanol–water partition coefficient (Wildman–Crippen LogP) is 0.361. The zero-order valence-electron chi connectivity index (χ0n) is 9.42. The molecule has 7 nitrogen and oxygen atoms in total. The Labute approximate surface area is 95.1 Å². The average Bonchev–Trinajstić information content (AvgIpc) is 2.10. The number of carbonyl (C=O) groups excluding carboxylic acids is 1. The molecule has 2 unspecified atom stereocenters. The molecule has 0 aliphatic rings. The fraction of sp³-hybridized carbons (Fsp3) is 0.857. The molecule has 2 atom stereocenters. The van der Waals surface area contributed by atoms with Crippen LogP contribution in [0.25, 0.3) is 0 Å². The molecule has 0 aliphatic heterocycles. The Morgan fingerprint density at radius 2 is 1.81 bits per heavy atom. The van der Waals surface area contributed by atoms with E-state index < -0.39 is 36.1 Å². The van der Waals surface area contributed by atoms with Gasteiger partial charge in [0.25, 0.3) is 10.1 Å². The number of hydrogen-bond donors (Lipinski definition) is 0. The van der Waals surface area contributed by atoms with Gasteiger partial charge in [0.2, 0.25) is 13.9 Å². The molecular formula is C7H15O7PS. The van der Waals surface area contributed by atoms with Crippen LogP contribution in [-0.2, 0) is 32.9 Å². The van der Waals surface area contributed by atoms with E-state index in [1.165, 1.54) is 0 Å². The molecule has 0 radical (unpaired) electrons. The number of rotatable bonds is 6. The van der Waals surface area contributed by atoms with E-state index in [9.17, 15) is 17.8 Å². The van der Waals surface area contributed by atoms with Crippen LogP contribution in [0.5, 0.6) is 0 Å². The summed E-state index contributed by atoms with van der Waals surface area (Å²) in [5, 5.41) is 0. The van der Waals surface area contributed by atoms with Gasteiger partial charge in [0, 0.05) is 0 Å². The van der Waals surface area contributed by atoms with Crippen molar-refractivity contribution in [2.45, 2.75) is 25.8 Å². The maximum Gasteiger partial charge on any atom is 0.346 e. The van der Waals surface area contributed by atoms with E-state index in [0.717, 1.165) is 13.4 Å². The summed E-state index contributed by atoms with van der Waals surface area (Å²) >= 11 is 0. The van der Waals surface area contributed by atoms with Crippen LogP contribution in [0.1, 0.15) is 13.8 Å². The Balaban J connectivity index is 4.81. The average molecular weight is 274 g/mol. The van der Waals surface area contributed by atoms with Crippen molar-refractivity contribution in [1.82, 2.24) is 0 Å². The van der Waals surface area contributed by atoms with Crippen molar-refractivity contribution in [3.63, 3.8) is 0 Å². The molecular weight excluding hydrogens is 259 g/mol. The van der Waals surface area contributed by atoms with Gasteiger partial charge in [-0.15, -0.1) is 0 Å². The molecule has 0 N–H and O–H groups in total. The topological polar surface area (TPSA) is 96.0 Å². The van der Waals surface area contributed by atoms with E-state index in [-0.39, 0.29) is 0 Å². The van der Waals surface area contributed by atoms with E-state index in [2.05, 4.69) is 8.92 Å². The van der Waals surface area contributed by atoms with Crippen molar-refractivity contribution in [2.24, 2.45) is 0 Å². The van der Waals surface area contributed by atoms with Crippen LogP contribution in [0.3, 0.4) is 0 Å². The van der Waals surface area contributed by atoms with Gasteiger partial charge in [-0.2, -0.15) is 8.42 Å². The van der Waals surface area contributed by atoms with Gasteiger partial charge in [0.15, 0.2) is 0 Å². The Hall–Kier alpha value is -0.430. The summed E-state index contributed by atoms with van der Waals surface area (Å²) < 4.78 is 46.7. The van der Waals surface area contributed by atoms with Crippen molar-refractivity contribution in [3.05, 3.63) is 0 Å². The van der Waals surface area contributed by atoms with E-state index >= 15 is 0 Å². The lowest BCUT2D eigenvalue weighted by Gasteiger charge is -2.15. The number of ether oxygens (including phenoxy) is 1. The quantitative estimate of drug-likeness (QED) is 0.392. The first-order chi connectivity index (χ1) is 7.17. The smallest absolute Gasteiger partial charge is 0.346 e. The van der Waals surface area contributed by atoms with Gasteiger partial charge in [0.1, 0.15) is 0 Å². The minimum Gasteiger partial charge on any atom is -0.467 e. The largest absolute Gasteiger partial charge is 0.467 e. The predicted molar refractivity (Wildman–Crippen MR) is 57.0 cm³/mol.